The molecule has 3 aromatic rings. The topological polar surface area (TPSA) is 67.0 Å². The van der Waals surface area contributed by atoms with Crippen molar-refractivity contribution in [3.05, 3.63) is 59.9 Å². The van der Waals surface area contributed by atoms with Crippen LogP contribution in [-0.4, -0.2) is 28.8 Å². The second kappa shape index (κ2) is 6.35. The van der Waals surface area contributed by atoms with Crippen LogP contribution in [0, 0.1) is 0 Å². The smallest absolute Gasteiger partial charge is 0.220 e. The van der Waals surface area contributed by atoms with E-state index in [0.717, 1.165) is 17.7 Å². The van der Waals surface area contributed by atoms with Crippen LogP contribution < -0.4 is 10.1 Å². The molecule has 0 saturated heterocycles. The van der Waals surface area contributed by atoms with Gasteiger partial charge in [-0.3, -0.25) is 9.89 Å². The van der Waals surface area contributed by atoms with Crippen LogP contribution in [0.2, 0.25) is 0 Å². The highest BCUT2D eigenvalue weighted by Crippen LogP contribution is 2.32. The van der Waals surface area contributed by atoms with Gasteiger partial charge in [0, 0.05) is 24.6 Å². The molecule has 0 radical (unpaired) electrons. The largest absolute Gasteiger partial charge is 0.491 e. The zero-order chi connectivity index (χ0) is 16.4. The maximum atomic E-state index is 12.2. The van der Waals surface area contributed by atoms with Gasteiger partial charge < -0.3 is 10.1 Å². The van der Waals surface area contributed by atoms with Crippen LogP contribution in [0.15, 0.2) is 48.8 Å². The minimum absolute atomic E-state index is 0.0140. The van der Waals surface area contributed by atoms with E-state index in [-0.39, 0.29) is 11.9 Å². The third-order valence-electron chi connectivity index (χ3n) is 4.45. The molecule has 0 bridgehead atoms. The van der Waals surface area contributed by atoms with Gasteiger partial charge in [-0.25, -0.2) is 0 Å². The van der Waals surface area contributed by atoms with Gasteiger partial charge in [-0.2, -0.15) is 5.10 Å². The summed E-state index contributed by atoms with van der Waals surface area (Å²) in [5.41, 5.74) is 2.22. The maximum absolute atomic E-state index is 12.2. The van der Waals surface area contributed by atoms with Crippen molar-refractivity contribution in [2.24, 2.45) is 0 Å². The van der Waals surface area contributed by atoms with Crippen LogP contribution in [0.25, 0.3) is 10.8 Å². The molecule has 1 aliphatic rings. The number of aryl methyl sites for hydroxylation is 1. The molecule has 0 saturated carbocycles. The predicted octanol–water partition coefficient (Wildman–Crippen LogP) is 2.62. The summed E-state index contributed by atoms with van der Waals surface area (Å²) in [5, 5.41) is 12.1. The molecule has 5 nitrogen and oxygen atoms in total. The Morgan fingerprint density at radius 3 is 3.08 bits per heavy atom. The summed E-state index contributed by atoms with van der Waals surface area (Å²) in [5.74, 6) is 0.978. The highest BCUT2D eigenvalue weighted by Gasteiger charge is 2.23. The minimum atomic E-state index is 0.0140. The van der Waals surface area contributed by atoms with Crippen molar-refractivity contribution in [1.29, 1.82) is 0 Å². The molecule has 2 N–H and O–H groups in total. The number of ether oxygens (including phenoxy) is 1. The SMILES string of the molecule is O=C(CCc1cn[nH]c1)NC1COc2ccc3ccccc3c2C1. The van der Waals surface area contributed by atoms with Gasteiger partial charge in [0.15, 0.2) is 0 Å². The van der Waals surface area contributed by atoms with Gasteiger partial charge in [-0.05, 0) is 28.8 Å². The Kier molecular flexibility index (Phi) is 3.91. The van der Waals surface area contributed by atoms with E-state index >= 15 is 0 Å². The summed E-state index contributed by atoms with van der Waals surface area (Å²) in [6.45, 7) is 0.517. The third kappa shape index (κ3) is 2.97. The first-order valence-corrected chi connectivity index (χ1v) is 8.20. The number of nitrogens with one attached hydrogen (secondary N) is 2. The average Bonchev–Trinajstić information content (AvgIpc) is 3.13. The number of hydrogen-bond acceptors (Lipinski definition) is 3. The fraction of sp³-hybridized carbons (Fsp3) is 0.263. The van der Waals surface area contributed by atoms with Gasteiger partial charge in [0.25, 0.3) is 0 Å². The molecule has 0 spiro atoms. The van der Waals surface area contributed by atoms with Gasteiger partial charge >= 0.3 is 0 Å². The molecule has 1 amide bonds. The van der Waals surface area contributed by atoms with E-state index < -0.39 is 0 Å². The quantitative estimate of drug-likeness (QED) is 0.776. The Labute approximate surface area is 140 Å². The van der Waals surface area contributed by atoms with E-state index in [0.29, 0.717) is 19.4 Å². The van der Waals surface area contributed by atoms with Gasteiger partial charge in [-0.15, -0.1) is 0 Å². The Morgan fingerprint density at radius 2 is 2.21 bits per heavy atom. The molecule has 4 rings (SSSR count). The fourth-order valence-electron chi connectivity index (χ4n) is 3.22. The number of fused-ring (bicyclic) bond motifs is 3. The number of rotatable bonds is 4. The number of amides is 1. The summed E-state index contributed by atoms with van der Waals surface area (Å²) >= 11 is 0. The van der Waals surface area contributed by atoms with Crippen LogP contribution in [0.5, 0.6) is 5.75 Å². The molecule has 1 unspecified atom stereocenters. The van der Waals surface area contributed by atoms with E-state index in [2.05, 4.69) is 33.7 Å². The van der Waals surface area contributed by atoms with E-state index in [9.17, 15) is 4.79 Å². The van der Waals surface area contributed by atoms with Gasteiger partial charge in [0.05, 0.1) is 12.2 Å². The second-order valence-electron chi connectivity index (χ2n) is 6.15. The number of H-pyrrole nitrogens is 1. The molecule has 1 aliphatic heterocycles. The molecular weight excluding hydrogens is 302 g/mol. The van der Waals surface area contributed by atoms with Crippen LogP contribution in [0.3, 0.4) is 0 Å². The molecule has 24 heavy (non-hydrogen) atoms. The molecule has 2 aromatic carbocycles. The van der Waals surface area contributed by atoms with E-state index in [4.69, 9.17) is 4.74 Å². The normalized spacial score (nSPS) is 16.4. The molecular formula is C19H19N3O2. The Hall–Kier alpha value is -2.82. The van der Waals surface area contributed by atoms with Crippen molar-refractivity contribution in [3.63, 3.8) is 0 Å². The first-order chi connectivity index (χ1) is 11.8. The summed E-state index contributed by atoms with van der Waals surface area (Å²) < 4.78 is 5.87. The molecule has 0 aliphatic carbocycles. The van der Waals surface area contributed by atoms with Gasteiger partial charge in [0.1, 0.15) is 12.4 Å². The highest BCUT2D eigenvalue weighted by molar-refractivity contribution is 5.88. The van der Waals surface area contributed by atoms with Crippen LogP contribution >= 0.6 is 0 Å². The van der Waals surface area contributed by atoms with Crippen molar-refractivity contribution in [3.8, 4) is 5.75 Å². The predicted molar refractivity (Wildman–Crippen MR) is 92.0 cm³/mol. The van der Waals surface area contributed by atoms with Crippen LogP contribution in [0.4, 0.5) is 0 Å². The number of carbonyl (C=O) groups is 1. The number of carbonyl (C=O) groups excluding carboxylic acids is 1. The number of nitrogens with zero attached hydrogens (tertiary/aromatic N) is 1. The number of benzene rings is 2. The van der Waals surface area contributed by atoms with Crippen molar-refractivity contribution in [1.82, 2.24) is 15.5 Å². The molecule has 122 valence electrons. The summed E-state index contributed by atoms with van der Waals surface area (Å²) in [6, 6.07) is 12.4. The highest BCUT2D eigenvalue weighted by atomic mass is 16.5. The van der Waals surface area contributed by atoms with E-state index in [1.165, 1.54) is 16.3 Å². The lowest BCUT2D eigenvalue weighted by Gasteiger charge is -2.27. The van der Waals surface area contributed by atoms with Crippen molar-refractivity contribution in [2.45, 2.75) is 25.3 Å². The zero-order valence-electron chi connectivity index (χ0n) is 13.3. The first kappa shape index (κ1) is 14.8. The lowest BCUT2D eigenvalue weighted by atomic mass is 9.96. The van der Waals surface area contributed by atoms with Crippen LogP contribution in [-0.2, 0) is 17.6 Å². The van der Waals surface area contributed by atoms with Crippen LogP contribution in [0.1, 0.15) is 17.5 Å². The van der Waals surface area contributed by atoms with Gasteiger partial charge in [0.2, 0.25) is 5.91 Å². The Balaban J connectivity index is 1.44. The van der Waals surface area contributed by atoms with E-state index in [1.54, 1.807) is 6.20 Å². The summed E-state index contributed by atoms with van der Waals surface area (Å²) in [7, 11) is 0. The fourth-order valence-corrected chi connectivity index (χ4v) is 3.22. The Morgan fingerprint density at radius 1 is 1.29 bits per heavy atom. The summed E-state index contributed by atoms with van der Waals surface area (Å²) in [6.07, 6.45) is 5.51. The first-order valence-electron chi connectivity index (χ1n) is 8.20. The van der Waals surface area contributed by atoms with Gasteiger partial charge in [-0.1, -0.05) is 30.3 Å². The molecule has 2 heterocycles. The zero-order valence-corrected chi connectivity index (χ0v) is 13.3. The summed E-state index contributed by atoms with van der Waals surface area (Å²) in [4.78, 5) is 12.2. The third-order valence-corrected chi connectivity index (χ3v) is 4.45. The van der Waals surface area contributed by atoms with Crippen molar-refractivity contribution >= 4 is 16.7 Å². The van der Waals surface area contributed by atoms with E-state index in [1.807, 2.05) is 24.4 Å². The minimum Gasteiger partial charge on any atom is -0.491 e. The van der Waals surface area contributed by atoms with Crippen molar-refractivity contribution in [2.75, 3.05) is 6.61 Å². The number of aromatic amines is 1. The molecule has 0 fully saturated rings. The second-order valence-corrected chi connectivity index (χ2v) is 6.15. The average molecular weight is 321 g/mol. The molecule has 5 heteroatoms. The lowest BCUT2D eigenvalue weighted by Crippen LogP contribution is -2.42. The standard InChI is InChI=1S/C19H19N3O2/c23-19(8-5-13-10-20-21-11-13)22-15-9-17-16-4-2-1-3-14(16)6-7-18(17)24-12-15/h1-4,6-7,10-11,15H,5,8-9,12H2,(H,20,21)(H,22,23). The molecule has 1 atom stereocenters. The number of aromatic nitrogens is 2. The monoisotopic (exact) mass is 321 g/mol. The lowest BCUT2D eigenvalue weighted by molar-refractivity contribution is -0.122. The maximum Gasteiger partial charge on any atom is 0.220 e. The molecule has 1 aromatic heterocycles. The Bertz CT molecular complexity index is 858. The van der Waals surface area contributed by atoms with Crippen molar-refractivity contribution < 1.29 is 9.53 Å². The number of hydrogen-bond donors (Lipinski definition) is 2.